The molecule has 0 atom stereocenters. The summed E-state index contributed by atoms with van der Waals surface area (Å²) in [6.45, 7) is 5.28. The molecule has 0 aliphatic carbocycles. The number of likely N-dealkylation sites (tertiary alicyclic amines) is 1. The van der Waals surface area contributed by atoms with Crippen LogP contribution in [0.3, 0.4) is 0 Å². The first-order valence-corrected chi connectivity index (χ1v) is 10.1. The summed E-state index contributed by atoms with van der Waals surface area (Å²) < 4.78 is 11.9. The van der Waals surface area contributed by atoms with Gasteiger partial charge in [0.25, 0.3) is 5.91 Å². The second-order valence-electron chi connectivity index (χ2n) is 7.22. The molecule has 2 N–H and O–H groups in total. The molecule has 6 heteroatoms. The number of para-hydroxylation sites is 1. The first-order chi connectivity index (χ1) is 13.7. The monoisotopic (exact) mass is 418 g/mol. The lowest BCUT2D eigenvalue weighted by molar-refractivity contribution is 0.00835. The SMILES string of the molecule is Cc1ccccc1COc1ccccc1C(=O)N1CCC(OCCCN)CC1.Cl. The number of hydrogen-bond donors (Lipinski definition) is 1. The summed E-state index contributed by atoms with van der Waals surface area (Å²) in [5, 5.41) is 0. The topological polar surface area (TPSA) is 64.8 Å². The molecule has 2 aromatic rings. The number of carbonyl (C=O) groups excluding carboxylic acids is 1. The smallest absolute Gasteiger partial charge is 0.257 e. The Morgan fingerprint density at radius 3 is 2.52 bits per heavy atom. The summed E-state index contributed by atoms with van der Waals surface area (Å²) >= 11 is 0. The van der Waals surface area contributed by atoms with Gasteiger partial charge in [-0.3, -0.25) is 4.79 Å². The van der Waals surface area contributed by atoms with Crippen molar-refractivity contribution in [3.05, 3.63) is 65.2 Å². The number of ether oxygens (including phenoxy) is 2. The number of piperidine rings is 1. The van der Waals surface area contributed by atoms with E-state index < -0.39 is 0 Å². The molecule has 1 saturated heterocycles. The highest BCUT2D eigenvalue weighted by Gasteiger charge is 2.25. The quantitative estimate of drug-likeness (QED) is 0.659. The molecule has 29 heavy (non-hydrogen) atoms. The summed E-state index contributed by atoms with van der Waals surface area (Å²) in [7, 11) is 0. The Bertz CT molecular complexity index is 776. The highest BCUT2D eigenvalue weighted by Crippen LogP contribution is 2.24. The Morgan fingerprint density at radius 2 is 1.79 bits per heavy atom. The molecule has 0 unspecified atom stereocenters. The van der Waals surface area contributed by atoms with Crippen molar-refractivity contribution >= 4 is 18.3 Å². The second kappa shape index (κ2) is 11.8. The predicted molar refractivity (Wildman–Crippen MR) is 118 cm³/mol. The minimum Gasteiger partial charge on any atom is -0.488 e. The van der Waals surface area contributed by atoms with Crippen LogP contribution in [0.15, 0.2) is 48.5 Å². The summed E-state index contributed by atoms with van der Waals surface area (Å²) in [5.74, 6) is 0.665. The number of carbonyl (C=O) groups is 1. The van der Waals surface area contributed by atoms with E-state index in [1.165, 1.54) is 5.56 Å². The third-order valence-corrected chi connectivity index (χ3v) is 5.19. The molecule has 3 rings (SSSR count). The van der Waals surface area contributed by atoms with Gasteiger partial charge in [-0.1, -0.05) is 36.4 Å². The predicted octanol–water partition coefficient (Wildman–Crippen LogP) is 3.97. The van der Waals surface area contributed by atoms with Gasteiger partial charge in [0.1, 0.15) is 12.4 Å². The lowest BCUT2D eigenvalue weighted by Crippen LogP contribution is -2.41. The van der Waals surface area contributed by atoms with E-state index in [9.17, 15) is 4.79 Å². The van der Waals surface area contributed by atoms with Gasteiger partial charge in [0.2, 0.25) is 0 Å². The van der Waals surface area contributed by atoms with E-state index in [4.69, 9.17) is 15.2 Å². The van der Waals surface area contributed by atoms with Crippen LogP contribution in [-0.4, -0.2) is 43.2 Å². The lowest BCUT2D eigenvalue weighted by atomic mass is 10.1. The van der Waals surface area contributed by atoms with E-state index >= 15 is 0 Å². The van der Waals surface area contributed by atoms with Crippen LogP contribution in [0.1, 0.15) is 40.7 Å². The average Bonchev–Trinajstić information content (AvgIpc) is 2.74. The molecule has 1 aliphatic heterocycles. The molecule has 0 spiro atoms. The molecule has 1 aliphatic rings. The van der Waals surface area contributed by atoms with Crippen molar-refractivity contribution in [2.45, 2.75) is 38.9 Å². The number of benzene rings is 2. The largest absolute Gasteiger partial charge is 0.488 e. The van der Waals surface area contributed by atoms with Crippen molar-refractivity contribution < 1.29 is 14.3 Å². The standard InChI is InChI=1S/C23H30N2O3.ClH/c1-18-7-2-3-8-19(18)17-28-22-10-5-4-9-21(22)23(26)25-14-11-20(12-15-25)27-16-6-13-24;/h2-5,7-10,20H,6,11-17,24H2,1H3;1H. The zero-order valence-electron chi connectivity index (χ0n) is 17.0. The number of nitrogens with zero attached hydrogens (tertiary/aromatic N) is 1. The average molecular weight is 419 g/mol. The molecule has 1 fully saturated rings. The van der Waals surface area contributed by atoms with Gasteiger partial charge >= 0.3 is 0 Å². The molecular formula is C23H31ClN2O3. The van der Waals surface area contributed by atoms with Gasteiger partial charge in [-0.25, -0.2) is 0 Å². The number of amides is 1. The number of nitrogens with two attached hydrogens (primary N) is 1. The summed E-state index contributed by atoms with van der Waals surface area (Å²) in [6.07, 6.45) is 2.83. The third kappa shape index (κ3) is 6.46. The van der Waals surface area contributed by atoms with Gasteiger partial charge in [-0.2, -0.15) is 0 Å². The van der Waals surface area contributed by atoms with E-state index in [0.717, 1.165) is 24.8 Å². The first-order valence-electron chi connectivity index (χ1n) is 10.1. The minimum atomic E-state index is 0. The zero-order chi connectivity index (χ0) is 19.8. The first kappa shape index (κ1) is 23.2. The van der Waals surface area contributed by atoms with Gasteiger partial charge in [-0.15, -0.1) is 12.4 Å². The van der Waals surface area contributed by atoms with Gasteiger partial charge < -0.3 is 20.1 Å². The van der Waals surface area contributed by atoms with Crippen LogP contribution in [0.4, 0.5) is 0 Å². The number of halogens is 1. The van der Waals surface area contributed by atoms with Gasteiger partial charge in [-0.05, 0) is 56.0 Å². The molecule has 1 heterocycles. The van der Waals surface area contributed by atoms with Crippen molar-refractivity contribution in [3.63, 3.8) is 0 Å². The van der Waals surface area contributed by atoms with Crippen LogP contribution >= 0.6 is 12.4 Å². The summed E-state index contributed by atoms with van der Waals surface area (Å²) in [6, 6.07) is 15.6. The van der Waals surface area contributed by atoms with Crippen LogP contribution < -0.4 is 10.5 Å². The van der Waals surface area contributed by atoms with Gasteiger partial charge in [0, 0.05) is 19.7 Å². The highest BCUT2D eigenvalue weighted by molar-refractivity contribution is 5.97. The fourth-order valence-electron chi connectivity index (χ4n) is 3.43. The van der Waals surface area contributed by atoms with Crippen molar-refractivity contribution in [1.29, 1.82) is 0 Å². The maximum Gasteiger partial charge on any atom is 0.257 e. The molecule has 0 bridgehead atoms. The minimum absolute atomic E-state index is 0. The van der Waals surface area contributed by atoms with Gasteiger partial charge in [0.15, 0.2) is 0 Å². The molecule has 2 aromatic carbocycles. The molecule has 1 amide bonds. The molecule has 5 nitrogen and oxygen atoms in total. The maximum absolute atomic E-state index is 13.1. The van der Waals surface area contributed by atoms with E-state index in [0.29, 0.717) is 44.2 Å². The van der Waals surface area contributed by atoms with E-state index in [-0.39, 0.29) is 24.4 Å². The molecule has 0 aromatic heterocycles. The maximum atomic E-state index is 13.1. The Morgan fingerprint density at radius 1 is 1.10 bits per heavy atom. The lowest BCUT2D eigenvalue weighted by Gasteiger charge is -2.32. The molecular weight excluding hydrogens is 388 g/mol. The Kier molecular flexibility index (Phi) is 9.45. The van der Waals surface area contributed by atoms with Crippen LogP contribution in [0.5, 0.6) is 5.75 Å². The van der Waals surface area contributed by atoms with Crippen LogP contribution in [-0.2, 0) is 11.3 Å². The van der Waals surface area contributed by atoms with E-state index in [1.807, 2.05) is 41.3 Å². The number of hydrogen-bond acceptors (Lipinski definition) is 4. The number of rotatable bonds is 8. The van der Waals surface area contributed by atoms with Gasteiger partial charge in [0.05, 0.1) is 11.7 Å². The van der Waals surface area contributed by atoms with E-state index in [1.54, 1.807) is 0 Å². The zero-order valence-corrected chi connectivity index (χ0v) is 17.8. The second-order valence-corrected chi connectivity index (χ2v) is 7.22. The van der Waals surface area contributed by atoms with E-state index in [2.05, 4.69) is 19.1 Å². The van der Waals surface area contributed by atoms with Crippen molar-refractivity contribution in [2.75, 3.05) is 26.2 Å². The summed E-state index contributed by atoms with van der Waals surface area (Å²) in [4.78, 5) is 15.0. The van der Waals surface area contributed by atoms with Crippen LogP contribution in [0, 0.1) is 6.92 Å². The fraction of sp³-hybridized carbons (Fsp3) is 0.435. The molecule has 0 saturated carbocycles. The third-order valence-electron chi connectivity index (χ3n) is 5.19. The molecule has 158 valence electrons. The van der Waals surface area contributed by atoms with Crippen LogP contribution in [0.25, 0.3) is 0 Å². The summed E-state index contributed by atoms with van der Waals surface area (Å²) in [5.41, 5.74) is 8.44. The Labute approximate surface area is 179 Å². The van der Waals surface area contributed by atoms with Crippen molar-refractivity contribution in [2.24, 2.45) is 5.73 Å². The fourth-order valence-corrected chi connectivity index (χ4v) is 3.43. The highest BCUT2D eigenvalue weighted by atomic mass is 35.5. The number of aryl methyl sites for hydroxylation is 1. The normalized spacial score (nSPS) is 14.3. The Hall–Kier alpha value is -2.08. The van der Waals surface area contributed by atoms with Crippen LogP contribution in [0.2, 0.25) is 0 Å². The van der Waals surface area contributed by atoms with Crippen molar-refractivity contribution in [1.82, 2.24) is 4.90 Å². The van der Waals surface area contributed by atoms with Crippen molar-refractivity contribution in [3.8, 4) is 5.75 Å². The Balaban J connectivity index is 0.00000300. The molecule has 0 radical (unpaired) electrons.